The Labute approximate surface area is 53.2 Å². The molecule has 0 heterocycles. The Morgan fingerprint density at radius 3 is 2.22 bits per heavy atom. The Hall–Kier alpha value is -0.430. The maximum Gasteiger partial charge on any atom is 0.397 e. The van der Waals surface area contributed by atoms with E-state index in [1.807, 2.05) is 0 Å². The van der Waals surface area contributed by atoms with Gasteiger partial charge < -0.3 is 5.48 Å². The van der Waals surface area contributed by atoms with Crippen molar-refractivity contribution in [1.82, 2.24) is 0 Å². The standard InChI is InChI=1S/C3H6O4S.H2O/c1-2-3-7-8(4,5)6;/h2H,1,3H2,(H,4,5,6);1H2. The topological polar surface area (TPSA) is 95.1 Å². The molecule has 0 unspecified atom stereocenters. The van der Waals surface area contributed by atoms with Gasteiger partial charge in [0.25, 0.3) is 0 Å². The third-order valence-corrected chi connectivity index (χ3v) is 0.769. The van der Waals surface area contributed by atoms with Crippen LogP contribution in [0.25, 0.3) is 0 Å². The summed E-state index contributed by atoms with van der Waals surface area (Å²) in [4.78, 5) is 0. The van der Waals surface area contributed by atoms with Crippen molar-refractivity contribution in [1.29, 1.82) is 0 Å². The Balaban J connectivity index is 0. The van der Waals surface area contributed by atoms with Gasteiger partial charge in [-0.15, -0.1) is 6.58 Å². The molecule has 0 saturated heterocycles. The lowest BCUT2D eigenvalue weighted by Crippen LogP contribution is -2.02. The number of hydrogen-bond acceptors (Lipinski definition) is 3. The van der Waals surface area contributed by atoms with Crippen molar-refractivity contribution in [2.45, 2.75) is 0 Å². The highest BCUT2D eigenvalue weighted by molar-refractivity contribution is 7.80. The second kappa shape index (κ2) is 4.45. The van der Waals surface area contributed by atoms with E-state index in [-0.39, 0.29) is 12.1 Å². The molecule has 0 aliphatic carbocycles. The maximum atomic E-state index is 9.68. The van der Waals surface area contributed by atoms with E-state index in [1.54, 1.807) is 0 Å². The second-order valence-electron chi connectivity index (χ2n) is 1.00. The molecule has 0 atom stereocenters. The van der Waals surface area contributed by atoms with E-state index in [0.717, 1.165) is 0 Å². The maximum absolute atomic E-state index is 9.68. The van der Waals surface area contributed by atoms with E-state index in [9.17, 15) is 8.42 Å². The molecule has 0 fully saturated rings. The van der Waals surface area contributed by atoms with Crippen molar-refractivity contribution in [3.63, 3.8) is 0 Å². The van der Waals surface area contributed by atoms with Gasteiger partial charge in [0.15, 0.2) is 0 Å². The molecule has 0 radical (unpaired) electrons. The summed E-state index contributed by atoms with van der Waals surface area (Å²) in [5.74, 6) is 0. The third-order valence-electron chi connectivity index (χ3n) is 0.335. The van der Waals surface area contributed by atoms with E-state index in [1.165, 1.54) is 6.08 Å². The molecule has 6 heteroatoms. The molecule has 3 N–H and O–H groups in total. The average Bonchev–Trinajstić information content (AvgIpc) is 1.59. The van der Waals surface area contributed by atoms with E-state index >= 15 is 0 Å². The van der Waals surface area contributed by atoms with Gasteiger partial charge in [-0.25, -0.2) is 4.18 Å². The second-order valence-corrected chi connectivity index (χ2v) is 2.09. The van der Waals surface area contributed by atoms with E-state index in [4.69, 9.17) is 4.55 Å². The van der Waals surface area contributed by atoms with Gasteiger partial charge in [0.1, 0.15) is 0 Å². The summed E-state index contributed by atoms with van der Waals surface area (Å²) < 4.78 is 31.0. The van der Waals surface area contributed by atoms with Crippen LogP contribution in [0.15, 0.2) is 12.7 Å². The van der Waals surface area contributed by atoms with Crippen LogP contribution in [-0.4, -0.2) is 25.1 Å². The Bertz CT molecular complexity index is 157. The Kier molecular flexibility index (Phi) is 5.62. The van der Waals surface area contributed by atoms with Crippen molar-refractivity contribution >= 4 is 10.4 Å². The van der Waals surface area contributed by atoms with Crippen LogP contribution in [0.2, 0.25) is 0 Å². The van der Waals surface area contributed by atoms with Crippen LogP contribution in [0, 0.1) is 0 Å². The molecule has 0 aromatic carbocycles. The lowest BCUT2D eigenvalue weighted by molar-refractivity contribution is 0.296. The molecule has 0 aromatic heterocycles. The molecule has 0 aromatic rings. The molecule has 0 aliphatic heterocycles. The van der Waals surface area contributed by atoms with Gasteiger partial charge in [-0.05, 0) is 0 Å². The Morgan fingerprint density at radius 2 is 2.11 bits per heavy atom. The normalized spacial score (nSPS) is 9.89. The largest absolute Gasteiger partial charge is 0.412 e. The Morgan fingerprint density at radius 1 is 1.67 bits per heavy atom. The van der Waals surface area contributed by atoms with E-state index < -0.39 is 10.4 Å². The summed E-state index contributed by atoms with van der Waals surface area (Å²) in [5.41, 5.74) is 0. The summed E-state index contributed by atoms with van der Waals surface area (Å²) in [6, 6.07) is 0. The monoisotopic (exact) mass is 156 g/mol. The molecular weight excluding hydrogens is 148 g/mol. The molecular formula is C3H8O5S. The van der Waals surface area contributed by atoms with Crippen molar-refractivity contribution in [3.05, 3.63) is 12.7 Å². The highest BCUT2D eigenvalue weighted by Crippen LogP contribution is 1.83. The fraction of sp³-hybridized carbons (Fsp3) is 0.333. The van der Waals surface area contributed by atoms with Crippen LogP contribution < -0.4 is 0 Å². The van der Waals surface area contributed by atoms with Gasteiger partial charge in [-0.3, -0.25) is 4.55 Å². The van der Waals surface area contributed by atoms with Crippen molar-refractivity contribution in [2.75, 3.05) is 6.61 Å². The molecule has 0 bridgehead atoms. The lowest BCUT2D eigenvalue weighted by Gasteiger charge is -1.90. The highest BCUT2D eigenvalue weighted by atomic mass is 32.3. The summed E-state index contributed by atoms with van der Waals surface area (Å²) in [6.07, 6.45) is 1.22. The first kappa shape index (κ1) is 11.4. The number of hydrogen-bond donors (Lipinski definition) is 1. The van der Waals surface area contributed by atoms with Crippen LogP contribution in [-0.2, 0) is 14.6 Å². The van der Waals surface area contributed by atoms with Crippen LogP contribution >= 0.6 is 0 Å². The quantitative estimate of drug-likeness (QED) is 0.426. The van der Waals surface area contributed by atoms with Gasteiger partial charge in [-0.2, -0.15) is 8.42 Å². The van der Waals surface area contributed by atoms with E-state index in [2.05, 4.69) is 10.8 Å². The van der Waals surface area contributed by atoms with Crippen molar-refractivity contribution in [3.8, 4) is 0 Å². The SMILES string of the molecule is C=CCOS(=O)(=O)O.O. The summed E-state index contributed by atoms with van der Waals surface area (Å²) in [5, 5.41) is 0. The van der Waals surface area contributed by atoms with Crippen LogP contribution in [0.1, 0.15) is 0 Å². The first-order valence-electron chi connectivity index (χ1n) is 1.79. The molecule has 0 saturated carbocycles. The van der Waals surface area contributed by atoms with Gasteiger partial charge in [-0.1, -0.05) is 6.08 Å². The van der Waals surface area contributed by atoms with Crippen LogP contribution in [0.5, 0.6) is 0 Å². The van der Waals surface area contributed by atoms with E-state index in [0.29, 0.717) is 0 Å². The molecule has 9 heavy (non-hydrogen) atoms. The zero-order valence-electron chi connectivity index (χ0n) is 4.57. The summed E-state index contributed by atoms with van der Waals surface area (Å²) in [7, 11) is -4.26. The molecule has 0 aliphatic rings. The predicted molar refractivity (Wildman–Crippen MR) is 31.3 cm³/mol. The molecule has 0 rings (SSSR count). The third kappa shape index (κ3) is 11.2. The van der Waals surface area contributed by atoms with Crippen molar-refractivity contribution in [2.24, 2.45) is 0 Å². The minimum Gasteiger partial charge on any atom is -0.412 e. The fourth-order valence-electron chi connectivity index (χ4n) is 0.134. The fourth-order valence-corrected chi connectivity index (χ4v) is 0.402. The number of rotatable bonds is 3. The average molecular weight is 156 g/mol. The van der Waals surface area contributed by atoms with Gasteiger partial charge in [0.05, 0.1) is 6.61 Å². The first-order chi connectivity index (χ1) is 3.56. The first-order valence-corrected chi connectivity index (χ1v) is 3.15. The van der Waals surface area contributed by atoms with Gasteiger partial charge in [0.2, 0.25) is 0 Å². The van der Waals surface area contributed by atoms with Crippen molar-refractivity contribution < 1.29 is 22.6 Å². The zero-order valence-corrected chi connectivity index (χ0v) is 5.39. The minimum atomic E-state index is -4.26. The summed E-state index contributed by atoms with van der Waals surface area (Å²) >= 11 is 0. The molecule has 0 amide bonds. The highest BCUT2D eigenvalue weighted by Gasteiger charge is 1.99. The summed E-state index contributed by atoms with van der Waals surface area (Å²) in [6.45, 7) is 2.97. The van der Waals surface area contributed by atoms with Crippen LogP contribution in [0.3, 0.4) is 0 Å². The van der Waals surface area contributed by atoms with Crippen LogP contribution in [0.4, 0.5) is 0 Å². The van der Waals surface area contributed by atoms with Gasteiger partial charge in [0, 0.05) is 0 Å². The lowest BCUT2D eigenvalue weighted by atomic mass is 10.7. The molecule has 56 valence electrons. The zero-order chi connectivity index (χ0) is 6.62. The van der Waals surface area contributed by atoms with Gasteiger partial charge >= 0.3 is 10.4 Å². The predicted octanol–water partition coefficient (Wildman–Crippen LogP) is -0.833. The molecule has 5 nitrogen and oxygen atoms in total. The smallest absolute Gasteiger partial charge is 0.397 e. The minimum absolute atomic E-state index is 0. The molecule has 0 spiro atoms.